The van der Waals surface area contributed by atoms with Gasteiger partial charge in [-0.15, -0.1) is 0 Å². The van der Waals surface area contributed by atoms with Gasteiger partial charge in [0.15, 0.2) is 0 Å². The molecule has 252 valence electrons. The summed E-state index contributed by atoms with van der Waals surface area (Å²) in [4.78, 5) is 14.8. The van der Waals surface area contributed by atoms with Crippen molar-refractivity contribution < 1.29 is 0 Å². The first-order chi connectivity index (χ1) is 26.7. The number of nitrogens with zero attached hydrogens (tertiary/aromatic N) is 3. The van der Waals surface area contributed by atoms with Crippen LogP contribution in [0, 0.1) is 0 Å². The Morgan fingerprint density at radius 3 is 0.741 bits per heavy atom. The number of hydrogen-bond donors (Lipinski definition) is 0. The lowest BCUT2D eigenvalue weighted by molar-refractivity contribution is 1.33. The summed E-state index contributed by atoms with van der Waals surface area (Å²) in [5, 5.41) is 7.15. The van der Waals surface area contributed by atoms with E-state index in [1.807, 2.05) is 36.8 Å². The quantitative estimate of drug-likeness (QED) is 0.163. The lowest BCUT2D eigenvalue weighted by Gasteiger charge is -2.15. The molecule has 0 radical (unpaired) electrons. The molecule has 0 unspecified atom stereocenters. The molecule has 0 spiro atoms. The van der Waals surface area contributed by atoms with Crippen LogP contribution in [0.3, 0.4) is 0 Å². The fourth-order valence-electron chi connectivity index (χ4n) is 7.58. The molecule has 0 saturated carbocycles. The van der Waals surface area contributed by atoms with Crippen LogP contribution in [-0.4, -0.2) is 15.0 Å². The summed E-state index contributed by atoms with van der Waals surface area (Å²) >= 11 is 0. The number of aromatic nitrogens is 3. The highest BCUT2D eigenvalue weighted by Gasteiger charge is 2.14. The van der Waals surface area contributed by atoms with Gasteiger partial charge in [0.25, 0.3) is 0 Å². The summed E-state index contributed by atoms with van der Waals surface area (Å²) < 4.78 is 0. The number of fused-ring (bicyclic) bond motifs is 6. The monoisotopic (exact) mass is 687 g/mol. The molecule has 3 heteroatoms. The van der Waals surface area contributed by atoms with Crippen LogP contribution >= 0.6 is 0 Å². The fourth-order valence-corrected chi connectivity index (χ4v) is 7.58. The van der Waals surface area contributed by atoms with Gasteiger partial charge in [0.2, 0.25) is 0 Å². The Balaban J connectivity index is 1.12. The third-order valence-corrected chi connectivity index (χ3v) is 10.4. The minimum atomic E-state index is 0.945. The van der Waals surface area contributed by atoms with Crippen LogP contribution in [-0.2, 0) is 0 Å². The summed E-state index contributed by atoms with van der Waals surface area (Å²) in [6.45, 7) is 0. The van der Waals surface area contributed by atoms with Crippen LogP contribution < -0.4 is 0 Å². The van der Waals surface area contributed by atoms with Gasteiger partial charge in [-0.1, -0.05) is 146 Å². The first-order valence-corrected chi connectivity index (χ1v) is 18.2. The van der Waals surface area contributed by atoms with E-state index in [0.29, 0.717) is 0 Å². The molecule has 3 aromatic heterocycles. The van der Waals surface area contributed by atoms with Crippen molar-refractivity contribution in [3.05, 3.63) is 201 Å². The van der Waals surface area contributed by atoms with Crippen LogP contribution in [0.2, 0.25) is 0 Å². The molecule has 0 atom stereocenters. The zero-order valence-electron chi connectivity index (χ0n) is 29.4. The zero-order valence-corrected chi connectivity index (χ0v) is 29.4. The third kappa shape index (κ3) is 5.78. The van der Waals surface area contributed by atoms with Crippen molar-refractivity contribution in [3.63, 3.8) is 0 Å². The van der Waals surface area contributed by atoms with Gasteiger partial charge in [0, 0.05) is 52.0 Å². The van der Waals surface area contributed by atoms with E-state index in [1.54, 1.807) is 0 Å². The van der Waals surface area contributed by atoms with Gasteiger partial charge in [0.05, 0.1) is 17.1 Å². The van der Waals surface area contributed by atoms with Crippen LogP contribution in [0.15, 0.2) is 201 Å². The van der Waals surface area contributed by atoms with E-state index in [2.05, 4.69) is 164 Å². The lowest BCUT2D eigenvalue weighted by atomic mass is 9.90. The van der Waals surface area contributed by atoms with Crippen molar-refractivity contribution in [3.8, 4) is 67.2 Å². The molecule has 0 amide bonds. The molecular formula is C51H33N3. The second kappa shape index (κ2) is 13.4. The molecular weight excluding hydrogens is 655 g/mol. The normalized spacial score (nSPS) is 11.3. The number of pyridine rings is 3. The molecule has 0 saturated heterocycles. The Morgan fingerprint density at radius 1 is 0.204 bits per heavy atom. The molecule has 0 fully saturated rings. The summed E-state index contributed by atoms with van der Waals surface area (Å²) in [6.07, 6.45) is 5.91. The highest BCUT2D eigenvalue weighted by atomic mass is 14.7. The molecule has 7 aromatic carbocycles. The van der Waals surface area contributed by atoms with E-state index in [0.717, 1.165) is 67.2 Å². The van der Waals surface area contributed by atoms with E-state index in [9.17, 15) is 0 Å². The largest absolute Gasteiger partial charge is 0.256 e. The Bertz CT molecular complexity index is 2570. The van der Waals surface area contributed by atoms with Crippen molar-refractivity contribution in [2.45, 2.75) is 0 Å². The van der Waals surface area contributed by atoms with Crippen molar-refractivity contribution >= 4 is 32.3 Å². The highest BCUT2D eigenvalue weighted by molar-refractivity contribution is 6.26. The summed E-state index contributed by atoms with van der Waals surface area (Å²) in [5.41, 5.74) is 12.9. The maximum atomic E-state index is 4.92. The predicted molar refractivity (Wildman–Crippen MR) is 225 cm³/mol. The summed E-state index contributed by atoms with van der Waals surface area (Å²) in [7, 11) is 0. The lowest BCUT2D eigenvalue weighted by Crippen LogP contribution is -1.90. The molecule has 0 aliphatic heterocycles. The molecule has 10 aromatic rings. The zero-order chi connectivity index (χ0) is 35.8. The van der Waals surface area contributed by atoms with E-state index in [4.69, 9.17) is 15.0 Å². The average Bonchev–Trinajstić information content (AvgIpc) is 3.27. The predicted octanol–water partition coefficient (Wildman–Crippen LogP) is 13.3. The molecule has 3 heterocycles. The van der Waals surface area contributed by atoms with Crippen molar-refractivity contribution in [2.24, 2.45) is 0 Å². The van der Waals surface area contributed by atoms with E-state index in [1.165, 1.54) is 32.3 Å². The van der Waals surface area contributed by atoms with E-state index >= 15 is 0 Å². The van der Waals surface area contributed by atoms with E-state index in [-0.39, 0.29) is 0 Å². The Morgan fingerprint density at radius 2 is 0.481 bits per heavy atom. The Hall–Kier alpha value is -7.23. The fraction of sp³-hybridized carbons (Fsp3) is 0. The van der Waals surface area contributed by atoms with Crippen LogP contribution in [0.5, 0.6) is 0 Å². The minimum Gasteiger partial charge on any atom is -0.256 e. The van der Waals surface area contributed by atoms with Gasteiger partial charge in [-0.05, 0) is 85.4 Å². The molecule has 54 heavy (non-hydrogen) atoms. The second-order valence-electron chi connectivity index (χ2n) is 13.7. The van der Waals surface area contributed by atoms with Gasteiger partial charge in [-0.3, -0.25) is 15.0 Å². The van der Waals surface area contributed by atoms with Crippen molar-refractivity contribution in [1.82, 2.24) is 15.0 Å². The molecule has 3 nitrogen and oxygen atoms in total. The number of rotatable bonds is 6. The van der Waals surface area contributed by atoms with Crippen molar-refractivity contribution in [1.29, 1.82) is 0 Å². The van der Waals surface area contributed by atoms with Crippen molar-refractivity contribution in [2.75, 3.05) is 0 Å². The van der Waals surface area contributed by atoms with Gasteiger partial charge in [-0.25, -0.2) is 0 Å². The molecule has 0 N–H and O–H groups in total. The van der Waals surface area contributed by atoms with Gasteiger partial charge < -0.3 is 0 Å². The topological polar surface area (TPSA) is 38.7 Å². The molecule has 10 rings (SSSR count). The second-order valence-corrected chi connectivity index (χ2v) is 13.7. The molecule has 0 bridgehead atoms. The Kier molecular flexibility index (Phi) is 7.81. The number of hydrogen-bond acceptors (Lipinski definition) is 3. The van der Waals surface area contributed by atoms with Gasteiger partial charge in [-0.2, -0.15) is 0 Å². The first kappa shape index (κ1) is 31.5. The van der Waals surface area contributed by atoms with Gasteiger partial charge >= 0.3 is 0 Å². The highest BCUT2D eigenvalue weighted by Crippen LogP contribution is 2.40. The minimum absolute atomic E-state index is 0.945. The average molecular weight is 688 g/mol. The molecule has 0 aliphatic carbocycles. The van der Waals surface area contributed by atoms with Gasteiger partial charge in [0.1, 0.15) is 0 Å². The summed E-state index contributed by atoms with van der Waals surface area (Å²) in [6, 6.07) is 64.3. The SMILES string of the molecule is c1ccc(-c2ccc(-c3ccc4c(c3)c3ccc(-c5ccc(-c6ccccc6)cn5)cc3c3ccc(-c5ccc(-c6ccccc6)cn5)cc43)nc2)cc1. The van der Waals surface area contributed by atoms with Crippen LogP contribution in [0.1, 0.15) is 0 Å². The molecule has 0 aliphatic rings. The Labute approximate surface area is 313 Å². The maximum absolute atomic E-state index is 4.92. The summed E-state index contributed by atoms with van der Waals surface area (Å²) in [5.74, 6) is 0. The first-order valence-electron chi connectivity index (χ1n) is 18.2. The van der Waals surface area contributed by atoms with Crippen LogP contribution in [0.25, 0.3) is 99.5 Å². The number of benzene rings is 7. The smallest absolute Gasteiger partial charge is 0.0702 e. The third-order valence-electron chi connectivity index (χ3n) is 10.4. The van der Waals surface area contributed by atoms with Crippen LogP contribution in [0.4, 0.5) is 0 Å². The maximum Gasteiger partial charge on any atom is 0.0702 e. The van der Waals surface area contributed by atoms with E-state index < -0.39 is 0 Å². The standard InChI is InChI=1S/C51H33N3/c1-4-10-34(11-5-1)40-19-25-49(52-31-40)37-16-22-43-46(28-37)44-23-17-38(50-26-20-41(32-53-50)35-12-6-2-7-13-35)30-48(44)45-24-18-39(29-47(43)45)51-27-21-42(33-54-51)36-14-8-3-9-15-36/h1-33H.